The van der Waals surface area contributed by atoms with Gasteiger partial charge in [0.15, 0.2) is 0 Å². The number of aryl methyl sites for hydroxylation is 2. The van der Waals surface area contributed by atoms with Crippen LogP contribution in [-0.4, -0.2) is 20.6 Å². The fraction of sp³-hybridized carbons (Fsp3) is 0.222. The molecule has 0 saturated carbocycles. The first-order valence-electron chi connectivity index (χ1n) is 7.34. The van der Waals surface area contributed by atoms with Gasteiger partial charge in [0.25, 0.3) is 0 Å². The summed E-state index contributed by atoms with van der Waals surface area (Å²) in [6.07, 6.45) is 0.783. The summed E-state index contributed by atoms with van der Waals surface area (Å²) in [7, 11) is 0. The lowest BCUT2D eigenvalue weighted by Gasteiger charge is -2.14. The molecule has 0 atom stereocenters. The molecule has 0 aliphatic rings. The fourth-order valence-corrected chi connectivity index (χ4v) is 2.94. The van der Waals surface area contributed by atoms with Crippen molar-refractivity contribution in [2.75, 3.05) is 0 Å². The number of fused-ring (bicyclic) bond motifs is 1. The molecule has 1 aromatic heterocycles. The molecular weight excluding hydrogens is 276 g/mol. The third kappa shape index (κ3) is 2.08. The van der Waals surface area contributed by atoms with E-state index in [2.05, 4.69) is 24.5 Å². The van der Waals surface area contributed by atoms with Crippen molar-refractivity contribution in [2.45, 2.75) is 27.2 Å². The number of nitrogens with zero attached hydrogens (tertiary/aromatic N) is 2. The Morgan fingerprint density at radius 2 is 1.91 bits per heavy atom. The molecule has 0 radical (unpaired) electrons. The van der Waals surface area contributed by atoms with Crippen LogP contribution >= 0.6 is 0 Å². The van der Waals surface area contributed by atoms with Gasteiger partial charge in [0, 0.05) is 6.42 Å². The molecule has 4 heteroatoms. The molecule has 0 aliphatic heterocycles. The number of aromatic carboxylic acids is 1. The number of benzene rings is 2. The summed E-state index contributed by atoms with van der Waals surface area (Å²) < 4.78 is 2.09. The second kappa shape index (κ2) is 5.30. The second-order valence-electron chi connectivity index (χ2n) is 5.41. The summed E-state index contributed by atoms with van der Waals surface area (Å²) in [5.41, 5.74) is 5.09. The van der Waals surface area contributed by atoms with Crippen molar-refractivity contribution in [1.82, 2.24) is 9.55 Å². The monoisotopic (exact) mass is 294 g/mol. The van der Waals surface area contributed by atoms with Crippen LogP contribution in [0, 0.1) is 13.8 Å². The maximum absolute atomic E-state index is 11.4. The molecule has 1 heterocycles. The van der Waals surface area contributed by atoms with Crippen molar-refractivity contribution >= 4 is 17.0 Å². The number of rotatable bonds is 3. The zero-order valence-electron chi connectivity index (χ0n) is 12.9. The predicted octanol–water partition coefficient (Wildman–Crippen LogP) is 3.90. The summed E-state index contributed by atoms with van der Waals surface area (Å²) in [5.74, 6) is 0.0356. The van der Waals surface area contributed by atoms with Gasteiger partial charge < -0.3 is 5.11 Å². The van der Waals surface area contributed by atoms with Crippen molar-refractivity contribution in [3.8, 4) is 5.69 Å². The van der Waals surface area contributed by atoms with Gasteiger partial charge in [-0.2, -0.15) is 0 Å². The lowest BCUT2D eigenvalue weighted by molar-refractivity contribution is 0.0696. The van der Waals surface area contributed by atoms with Crippen LogP contribution in [-0.2, 0) is 6.42 Å². The van der Waals surface area contributed by atoms with Crippen molar-refractivity contribution in [2.24, 2.45) is 0 Å². The SMILES string of the molecule is CCc1nc2cccc(C)c2n1-c1cccc(C(=O)O)c1C. The molecule has 0 aliphatic carbocycles. The fourth-order valence-electron chi connectivity index (χ4n) is 2.94. The molecule has 0 saturated heterocycles. The van der Waals surface area contributed by atoms with Crippen LogP contribution in [0.15, 0.2) is 36.4 Å². The minimum absolute atomic E-state index is 0.329. The molecule has 0 spiro atoms. The van der Waals surface area contributed by atoms with Gasteiger partial charge in [-0.3, -0.25) is 4.57 Å². The van der Waals surface area contributed by atoms with Crippen LogP contribution in [0.1, 0.15) is 34.2 Å². The molecule has 0 unspecified atom stereocenters. The maximum atomic E-state index is 11.4. The van der Waals surface area contributed by atoms with Gasteiger partial charge in [-0.1, -0.05) is 25.1 Å². The Balaban J connectivity index is 2.40. The van der Waals surface area contributed by atoms with E-state index in [0.29, 0.717) is 5.56 Å². The zero-order valence-corrected chi connectivity index (χ0v) is 12.9. The van der Waals surface area contributed by atoms with Gasteiger partial charge in [0.1, 0.15) is 5.82 Å². The molecule has 1 N–H and O–H groups in total. The minimum atomic E-state index is -0.904. The standard InChI is InChI=1S/C18H18N2O2/c1-4-16-19-14-9-5-7-11(2)17(14)20(16)15-10-6-8-13(12(15)3)18(21)22/h5-10H,4H2,1-3H3,(H,21,22). The number of hydrogen-bond donors (Lipinski definition) is 1. The van der Waals surface area contributed by atoms with E-state index in [1.807, 2.05) is 25.1 Å². The highest BCUT2D eigenvalue weighted by Gasteiger charge is 2.17. The largest absolute Gasteiger partial charge is 0.478 e. The van der Waals surface area contributed by atoms with E-state index >= 15 is 0 Å². The van der Waals surface area contributed by atoms with Crippen LogP contribution in [0.3, 0.4) is 0 Å². The van der Waals surface area contributed by atoms with Gasteiger partial charge >= 0.3 is 5.97 Å². The zero-order chi connectivity index (χ0) is 15.9. The molecule has 0 amide bonds. The summed E-state index contributed by atoms with van der Waals surface area (Å²) >= 11 is 0. The summed E-state index contributed by atoms with van der Waals surface area (Å²) in [5, 5.41) is 9.36. The van der Waals surface area contributed by atoms with Crippen LogP contribution < -0.4 is 0 Å². The molecule has 22 heavy (non-hydrogen) atoms. The predicted molar refractivity (Wildman–Crippen MR) is 86.9 cm³/mol. The van der Waals surface area contributed by atoms with Crippen molar-refractivity contribution in [1.29, 1.82) is 0 Å². The quantitative estimate of drug-likeness (QED) is 0.797. The van der Waals surface area contributed by atoms with Crippen molar-refractivity contribution in [3.63, 3.8) is 0 Å². The van der Waals surface area contributed by atoms with Crippen LogP contribution in [0.25, 0.3) is 16.7 Å². The van der Waals surface area contributed by atoms with Gasteiger partial charge in [0.05, 0.1) is 22.3 Å². The minimum Gasteiger partial charge on any atom is -0.478 e. The molecule has 2 aromatic carbocycles. The molecule has 3 aromatic rings. The topological polar surface area (TPSA) is 55.1 Å². The average Bonchev–Trinajstić information content (AvgIpc) is 2.87. The van der Waals surface area contributed by atoms with E-state index in [1.165, 1.54) is 0 Å². The van der Waals surface area contributed by atoms with Crippen molar-refractivity contribution < 1.29 is 9.90 Å². The number of carboxylic acid groups (broad SMARTS) is 1. The summed E-state index contributed by atoms with van der Waals surface area (Å²) in [4.78, 5) is 16.1. The Kier molecular flexibility index (Phi) is 3.45. The van der Waals surface area contributed by atoms with Crippen LogP contribution in [0.2, 0.25) is 0 Å². The Hall–Kier alpha value is -2.62. The number of aromatic nitrogens is 2. The van der Waals surface area contributed by atoms with Gasteiger partial charge in [0.2, 0.25) is 0 Å². The lowest BCUT2D eigenvalue weighted by atomic mass is 10.1. The van der Waals surface area contributed by atoms with Gasteiger partial charge in [-0.05, 0) is 43.2 Å². The molecule has 0 fully saturated rings. The normalized spacial score (nSPS) is 11.0. The van der Waals surface area contributed by atoms with E-state index < -0.39 is 5.97 Å². The number of para-hydroxylation sites is 1. The van der Waals surface area contributed by atoms with Gasteiger partial charge in [-0.15, -0.1) is 0 Å². The Morgan fingerprint density at radius 1 is 1.18 bits per heavy atom. The second-order valence-corrected chi connectivity index (χ2v) is 5.41. The van der Waals surface area contributed by atoms with Crippen molar-refractivity contribution in [3.05, 3.63) is 58.9 Å². The highest BCUT2D eigenvalue weighted by atomic mass is 16.4. The number of hydrogen-bond acceptors (Lipinski definition) is 2. The summed E-state index contributed by atoms with van der Waals surface area (Å²) in [6.45, 7) is 5.96. The van der Waals surface area contributed by atoms with Gasteiger partial charge in [-0.25, -0.2) is 9.78 Å². The summed E-state index contributed by atoms with van der Waals surface area (Å²) in [6, 6.07) is 11.4. The third-order valence-electron chi connectivity index (χ3n) is 4.04. The van der Waals surface area contributed by atoms with Crippen LogP contribution in [0.4, 0.5) is 0 Å². The number of carboxylic acids is 1. The van der Waals surface area contributed by atoms with E-state index in [4.69, 9.17) is 4.98 Å². The van der Waals surface area contributed by atoms with Crippen LogP contribution in [0.5, 0.6) is 0 Å². The number of imidazole rings is 1. The molecule has 3 rings (SSSR count). The average molecular weight is 294 g/mol. The Morgan fingerprint density at radius 3 is 2.59 bits per heavy atom. The molecular formula is C18H18N2O2. The van der Waals surface area contributed by atoms with E-state index in [-0.39, 0.29) is 0 Å². The van der Waals surface area contributed by atoms with E-state index in [0.717, 1.165) is 40.1 Å². The lowest BCUT2D eigenvalue weighted by Crippen LogP contribution is -2.07. The Bertz CT molecular complexity index is 878. The van der Waals surface area contributed by atoms with E-state index in [1.54, 1.807) is 12.1 Å². The first-order chi connectivity index (χ1) is 10.5. The smallest absolute Gasteiger partial charge is 0.336 e. The third-order valence-corrected chi connectivity index (χ3v) is 4.04. The number of carbonyl (C=O) groups is 1. The first kappa shape index (κ1) is 14.3. The molecule has 112 valence electrons. The van der Waals surface area contributed by atoms with E-state index in [9.17, 15) is 9.90 Å². The Labute approximate surface area is 129 Å². The molecule has 4 nitrogen and oxygen atoms in total. The maximum Gasteiger partial charge on any atom is 0.336 e. The first-order valence-corrected chi connectivity index (χ1v) is 7.34. The molecule has 0 bridgehead atoms. The highest BCUT2D eigenvalue weighted by Crippen LogP contribution is 2.27. The highest BCUT2D eigenvalue weighted by molar-refractivity contribution is 5.91.